The molecular weight excluding hydrogens is 1130 g/mol. The van der Waals surface area contributed by atoms with Gasteiger partial charge in [0, 0.05) is 78.5 Å². The smallest absolute Gasteiger partial charge is 0.449 e. The predicted molar refractivity (Wildman–Crippen MR) is 277 cm³/mol. The number of carboxylic acid groups (broad SMARTS) is 1. The summed E-state index contributed by atoms with van der Waals surface area (Å²) in [6.45, 7) is 5.49. The molecule has 0 spiro atoms. The monoisotopic (exact) mass is 1180 g/mol. The van der Waals surface area contributed by atoms with Crippen LogP contribution in [0.15, 0.2) is 54.6 Å². The normalized spacial score (nSPS) is 11.8. The first-order chi connectivity index (χ1) is 33.2. The first-order valence-electron chi connectivity index (χ1n) is 19.8. The lowest BCUT2D eigenvalue weighted by atomic mass is 9.85. The molecule has 3 atom stereocenters. The van der Waals surface area contributed by atoms with Crippen molar-refractivity contribution < 1.29 is 106 Å². The van der Waals surface area contributed by atoms with Gasteiger partial charge >= 0.3 is 66.9 Å². The molecule has 0 heterocycles. The number of anilines is 3. The molecule has 39 heteroatoms. The van der Waals surface area contributed by atoms with Crippen LogP contribution < -0.4 is 32.4 Å². The summed E-state index contributed by atoms with van der Waals surface area (Å²) >= 11 is 17.4. The van der Waals surface area contributed by atoms with Crippen molar-refractivity contribution in [3.63, 3.8) is 0 Å². The van der Waals surface area contributed by atoms with E-state index in [2.05, 4.69) is 29.3 Å². The van der Waals surface area contributed by atoms with E-state index in [1.807, 2.05) is 0 Å². The van der Waals surface area contributed by atoms with Crippen LogP contribution in [-0.2, 0) is 53.9 Å². The molecule has 418 valence electrons. The number of nitrogens with one attached hydrogen (secondary N) is 4. The van der Waals surface area contributed by atoms with Gasteiger partial charge < -0.3 is 75.1 Å². The number of aliphatic carboxylic acids is 1. The highest BCUT2D eigenvalue weighted by Gasteiger charge is 2.31. The summed E-state index contributed by atoms with van der Waals surface area (Å²) in [4.78, 5) is 70.8. The van der Waals surface area contributed by atoms with Crippen molar-refractivity contribution in [2.24, 2.45) is 5.73 Å². The molecule has 3 aromatic carbocycles. The molecule has 3 rings (SSSR count). The van der Waals surface area contributed by atoms with E-state index in [4.69, 9.17) is 78.0 Å². The highest BCUT2D eigenvalue weighted by atomic mass is 35.5. The lowest BCUT2D eigenvalue weighted by Gasteiger charge is -2.18. The van der Waals surface area contributed by atoms with Gasteiger partial charge in [0.25, 0.3) is 0 Å². The zero-order chi connectivity index (χ0) is 56.9. The molecule has 0 aliphatic carbocycles. The number of Topliss-reactive ketones (excluding diaryl/α,β-unsaturated/α-hetero) is 3. The molecule has 0 aliphatic rings. The standard InChI is InChI=1S/C12H17B2ClN2O8S.C12H17B2ClN2O5.C10H11ClN2O6S.2CH4.H2O4S/c1-13(20)16-9-5-7(15)3-4-8(9)11(18)6-10(17-14(2)21)12(19)25-26(22,23)24;1-13(21)16-9-5-7(15)3-4-8(9)11(18)6-10(12(19)20)17-14(2)22;11-5-1-2-6(7(12)3-5)9(14)4-8(13)10(15)19-20(16,17)18;;;1-5(2,3)4/h3-5,10,16-17,20-21H,6H2,1-2H3,(H,22,23,24);3-5,10,16-17,21-22H,6H2,1-2H3,(H,19,20);1-3,8H,4,12-13H2,(H,16,17,18);2*1H4;(H2,1,2,3,4)/p-2. The second-order valence-electron chi connectivity index (χ2n) is 14.4. The number of carboxylic acids is 1. The van der Waals surface area contributed by atoms with Crippen molar-refractivity contribution >= 4 is 147 Å². The Morgan fingerprint density at radius 2 is 0.907 bits per heavy atom. The molecule has 0 saturated heterocycles. The number of halogens is 3. The summed E-state index contributed by atoms with van der Waals surface area (Å²) in [5.74, 6) is -5.86. The van der Waals surface area contributed by atoms with Crippen molar-refractivity contribution in [1.29, 1.82) is 0 Å². The van der Waals surface area contributed by atoms with Gasteiger partial charge in [-0.05, 0) is 81.9 Å². The number of hydrogen-bond acceptors (Lipinski definition) is 26. The molecule has 0 aliphatic heterocycles. The Balaban J connectivity index is -0.000000984. The Morgan fingerprint density at radius 1 is 0.587 bits per heavy atom. The summed E-state index contributed by atoms with van der Waals surface area (Å²) in [5.41, 5.74) is 11.8. The highest BCUT2D eigenvalue weighted by Crippen LogP contribution is 2.25. The minimum Gasteiger partial charge on any atom is -0.759 e. The van der Waals surface area contributed by atoms with Crippen LogP contribution in [0.25, 0.3) is 0 Å². The van der Waals surface area contributed by atoms with Crippen LogP contribution in [0, 0.1) is 0 Å². The SMILES string of the molecule is C.C.CB(O)Nc1cc(Cl)ccc1C(=O)CC(NB(C)O)C(=O)O.CB(O)Nc1cc(Cl)ccc1C(=O)CC(NB(C)O)C(=O)OS(=O)(=O)O.Nc1cc(Cl)ccc1C(=O)CC(N)C(=O)OS(=O)(=O)O.O=S(=O)([O-])[O-]. The van der Waals surface area contributed by atoms with Crippen LogP contribution in [0.3, 0.4) is 0 Å². The molecule has 3 unspecified atom stereocenters. The quantitative estimate of drug-likeness (QED) is 0.0215. The van der Waals surface area contributed by atoms with E-state index >= 15 is 0 Å². The molecule has 75 heavy (non-hydrogen) atoms. The van der Waals surface area contributed by atoms with Crippen LogP contribution in [0.2, 0.25) is 42.4 Å². The van der Waals surface area contributed by atoms with E-state index in [0.717, 1.165) is 0 Å². The van der Waals surface area contributed by atoms with Crippen molar-refractivity contribution in [2.75, 3.05) is 16.2 Å². The van der Waals surface area contributed by atoms with Gasteiger partial charge in [-0.25, -0.2) is 9.59 Å². The molecule has 29 nitrogen and oxygen atoms in total. The third-order valence-electron chi connectivity index (χ3n) is 7.94. The first-order valence-corrected chi connectivity index (χ1v) is 25.0. The molecule has 0 bridgehead atoms. The van der Waals surface area contributed by atoms with Crippen LogP contribution in [-0.4, -0.2) is 150 Å². The maximum atomic E-state index is 12.5. The van der Waals surface area contributed by atoms with Crippen molar-refractivity contribution in [3.8, 4) is 0 Å². The van der Waals surface area contributed by atoms with Gasteiger partial charge in [-0.2, -0.15) is 16.8 Å². The fourth-order valence-corrected chi connectivity index (χ4v) is 6.50. The lowest BCUT2D eigenvalue weighted by Crippen LogP contribution is -2.47. The van der Waals surface area contributed by atoms with Crippen LogP contribution in [0.1, 0.15) is 65.2 Å². The van der Waals surface area contributed by atoms with E-state index in [1.54, 1.807) is 0 Å². The Bertz CT molecular complexity index is 2760. The Hall–Kier alpha value is -4.98. The topological polar surface area (TPSA) is 511 Å². The summed E-state index contributed by atoms with van der Waals surface area (Å²) in [6, 6.07) is 8.36. The van der Waals surface area contributed by atoms with Crippen molar-refractivity contribution in [2.45, 2.75) is 79.5 Å². The third-order valence-corrected chi connectivity index (χ3v) is 9.39. The van der Waals surface area contributed by atoms with Gasteiger partial charge in [-0.3, -0.25) is 36.7 Å². The lowest BCUT2D eigenvalue weighted by molar-refractivity contribution is -0.139. The molecule has 0 aromatic heterocycles. The summed E-state index contributed by atoms with van der Waals surface area (Å²) in [6.07, 6.45) is -1.49. The van der Waals surface area contributed by atoms with Gasteiger partial charge in [0.2, 0.25) is 0 Å². The molecule has 15 N–H and O–H groups in total. The number of carbonyl (C=O) groups is 6. The summed E-state index contributed by atoms with van der Waals surface area (Å²) in [5, 5.41) is 57.4. The Morgan fingerprint density at radius 3 is 1.24 bits per heavy atom. The largest absolute Gasteiger partial charge is 0.759 e. The van der Waals surface area contributed by atoms with Gasteiger partial charge in [0.05, 0.1) is 0 Å². The van der Waals surface area contributed by atoms with E-state index in [-0.39, 0.29) is 54.4 Å². The van der Waals surface area contributed by atoms with Crippen LogP contribution in [0.4, 0.5) is 17.1 Å². The average Bonchev–Trinajstić information content (AvgIpc) is 3.18. The molecule has 3 aromatic rings. The van der Waals surface area contributed by atoms with Crippen LogP contribution >= 0.6 is 34.8 Å². The maximum Gasteiger partial charge on any atom is 0.449 e. The van der Waals surface area contributed by atoms with Crippen molar-refractivity contribution in [1.82, 2.24) is 10.5 Å². The number of nitrogen functional groups attached to an aromatic ring is 1. The fraction of sp³-hybridized carbons (Fsp3) is 0.333. The zero-order valence-corrected chi connectivity index (χ0v) is 42.8. The minimum absolute atomic E-state index is 0. The summed E-state index contributed by atoms with van der Waals surface area (Å²) < 4.78 is 101. The molecule has 0 radical (unpaired) electrons. The molecular formula is C36H53B4Cl3N6O23S3-2. The number of hydrogen-bond donors (Lipinski definition) is 13. The average molecular weight is 1180 g/mol. The fourth-order valence-electron chi connectivity index (χ4n) is 5.32. The number of benzene rings is 3. The Labute approximate surface area is 448 Å². The number of rotatable bonds is 22. The molecule has 0 amide bonds. The molecule has 0 saturated carbocycles. The minimum atomic E-state index is -5.17. The predicted octanol–water partition coefficient (Wildman–Crippen LogP) is 0.540. The molecule has 0 fully saturated rings. The third kappa shape index (κ3) is 33.6. The Kier molecular flexibility index (Phi) is 33.6. The van der Waals surface area contributed by atoms with E-state index < -0.39 is 126 Å². The van der Waals surface area contributed by atoms with Gasteiger partial charge in [-0.1, -0.05) is 49.7 Å². The first kappa shape index (κ1) is 74.3. The highest BCUT2D eigenvalue weighted by molar-refractivity contribution is 7.81. The zero-order valence-electron chi connectivity index (χ0n) is 38.0. The van der Waals surface area contributed by atoms with Gasteiger partial charge in [0.15, 0.2) is 17.3 Å². The summed E-state index contributed by atoms with van der Waals surface area (Å²) in [7, 11) is -19.5. The van der Waals surface area contributed by atoms with E-state index in [0.29, 0.717) is 15.7 Å². The van der Waals surface area contributed by atoms with Crippen molar-refractivity contribution in [3.05, 3.63) is 86.4 Å². The van der Waals surface area contributed by atoms with Gasteiger partial charge in [-0.15, -0.1) is 0 Å². The number of carbonyl (C=O) groups excluding carboxylic acids is 5. The van der Waals surface area contributed by atoms with E-state index in [1.165, 1.54) is 81.9 Å². The second kappa shape index (κ2) is 33.9. The van der Waals surface area contributed by atoms with Crippen LogP contribution in [0.5, 0.6) is 0 Å². The van der Waals surface area contributed by atoms with Gasteiger partial charge in [0.1, 0.15) is 18.1 Å². The number of ketones is 3. The number of nitrogens with two attached hydrogens (primary N) is 2. The second-order valence-corrected chi connectivity index (χ2v) is 18.6. The maximum absolute atomic E-state index is 12.5. The van der Waals surface area contributed by atoms with E-state index in [9.17, 15) is 65.7 Å².